The fourth-order valence-corrected chi connectivity index (χ4v) is 4.93. The summed E-state index contributed by atoms with van der Waals surface area (Å²) in [6.07, 6.45) is 3.42. The highest BCUT2D eigenvalue weighted by atomic mass is 16.6. The van der Waals surface area contributed by atoms with E-state index in [9.17, 15) is 15.0 Å². The Labute approximate surface area is 165 Å². The quantitative estimate of drug-likeness (QED) is 0.612. The molecule has 29 heavy (non-hydrogen) atoms. The number of rotatable bonds is 3. The summed E-state index contributed by atoms with van der Waals surface area (Å²) in [5, 5.41) is 24.3. The molecule has 3 N–H and O–H groups in total. The highest BCUT2D eigenvalue weighted by molar-refractivity contribution is 6.06. The summed E-state index contributed by atoms with van der Waals surface area (Å²) in [6, 6.07) is 8.85. The van der Waals surface area contributed by atoms with Crippen molar-refractivity contribution in [3.8, 4) is 0 Å². The van der Waals surface area contributed by atoms with Crippen LogP contribution in [0.3, 0.4) is 0 Å². The third kappa shape index (κ3) is 2.38. The Hall–Kier alpha value is -2.88. The van der Waals surface area contributed by atoms with Gasteiger partial charge in [-0.15, -0.1) is 0 Å². The van der Waals surface area contributed by atoms with Crippen molar-refractivity contribution in [2.45, 2.75) is 42.8 Å². The summed E-state index contributed by atoms with van der Waals surface area (Å²) >= 11 is 0. The first-order valence-corrected chi connectivity index (χ1v) is 9.62. The van der Waals surface area contributed by atoms with Crippen molar-refractivity contribution >= 4 is 22.9 Å². The smallest absolute Gasteiger partial charge is 0.256 e. The van der Waals surface area contributed by atoms with E-state index in [4.69, 9.17) is 4.74 Å². The maximum absolute atomic E-state index is 12.5. The normalized spacial score (nSPS) is 34.8. The lowest BCUT2D eigenvalue weighted by Gasteiger charge is -2.24. The Kier molecular flexibility index (Phi) is 3.28. The van der Waals surface area contributed by atoms with Crippen molar-refractivity contribution in [1.29, 1.82) is 0 Å². The second-order valence-corrected chi connectivity index (χ2v) is 8.24. The Balaban J connectivity index is 1.31. The molecule has 0 spiro atoms. The van der Waals surface area contributed by atoms with Crippen LogP contribution in [0.4, 0.5) is 5.82 Å². The van der Waals surface area contributed by atoms with Crippen LogP contribution < -0.4 is 5.32 Å². The van der Waals surface area contributed by atoms with Crippen LogP contribution in [0.15, 0.2) is 43.0 Å². The van der Waals surface area contributed by atoms with Gasteiger partial charge in [-0.2, -0.15) is 0 Å². The third-order valence-corrected chi connectivity index (χ3v) is 6.42. The molecule has 2 saturated carbocycles. The maximum atomic E-state index is 12.5. The van der Waals surface area contributed by atoms with Gasteiger partial charge in [0.25, 0.3) is 5.91 Å². The van der Waals surface area contributed by atoms with Crippen LogP contribution in [0.25, 0.3) is 11.2 Å². The molecule has 1 aromatic carbocycles. The molecule has 0 unspecified atom stereocenters. The molecule has 3 heterocycles. The number of aromatic nitrogens is 4. The fraction of sp³-hybridized carbons (Fsp3) is 0.400. The van der Waals surface area contributed by atoms with Crippen molar-refractivity contribution < 1.29 is 19.7 Å². The first-order valence-electron chi connectivity index (χ1n) is 9.62. The van der Waals surface area contributed by atoms with Crippen LogP contribution >= 0.6 is 0 Å². The summed E-state index contributed by atoms with van der Waals surface area (Å²) in [5.41, 5.74) is -0.496. The number of carbonyl (C=O) groups is 1. The highest BCUT2D eigenvalue weighted by Crippen LogP contribution is 2.65. The van der Waals surface area contributed by atoms with Crippen molar-refractivity contribution in [1.82, 2.24) is 19.5 Å². The number of nitrogens with one attached hydrogen (secondary N) is 1. The average molecular weight is 393 g/mol. The molecule has 0 bridgehead atoms. The molecule has 2 aliphatic carbocycles. The number of amides is 1. The summed E-state index contributed by atoms with van der Waals surface area (Å²) in [6.45, 7) is 0. The van der Waals surface area contributed by atoms with Crippen molar-refractivity contribution in [2.24, 2.45) is 5.92 Å². The molecule has 3 fully saturated rings. The first-order chi connectivity index (χ1) is 14.0. The van der Waals surface area contributed by atoms with Gasteiger partial charge < -0.3 is 20.3 Å². The Bertz CT molecular complexity index is 1130. The predicted molar refractivity (Wildman–Crippen MR) is 101 cm³/mol. The van der Waals surface area contributed by atoms with E-state index < -0.39 is 23.5 Å². The molecule has 1 saturated heterocycles. The van der Waals surface area contributed by atoms with E-state index in [0.717, 1.165) is 0 Å². The third-order valence-electron chi connectivity index (χ3n) is 6.42. The van der Waals surface area contributed by atoms with Crippen molar-refractivity contribution in [2.75, 3.05) is 5.32 Å². The van der Waals surface area contributed by atoms with Gasteiger partial charge in [0.2, 0.25) is 0 Å². The van der Waals surface area contributed by atoms with E-state index in [0.29, 0.717) is 41.8 Å². The van der Waals surface area contributed by atoms with Crippen LogP contribution in [0.2, 0.25) is 0 Å². The van der Waals surface area contributed by atoms with Gasteiger partial charge in [-0.25, -0.2) is 15.0 Å². The maximum Gasteiger partial charge on any atom is 0.256 e. The van der Waals surface area contributed by atoms with E-state index in [2.05, 4.69) is 20.3 Å². The van der Waals surface area contributed by atoms with E-state index in [-0.39, 0.29) is 11.8 Å². The molecule has 3 aliphatic rings. The molecule has 3 aromatic rings. The molecule has 148 valence electrons. The van der Waals surface area contributed by atoms with Gasteiger partial charge in [-0.3, -0.25) is 9.36 Å². The van der Waals surface area contributed by atoms with Gasteiger partial charge >= 0.3 is 0 Å². The molecule has 1 amide bonds. The molecule has 1 aliphatic heterocycles. The minimum atomic E-state index is -1.03. The fourth-order valence-electron chi connectivity index (χ4n) is 4.93. The van der Waals surface area contributed by atoms with Gasteiger partial charge in [-0.1, -0.05) is 18.2 Å². The number of anilines is 1. The topological polar surface area (TPSA) is 122 Å². The van der Waals surface area contributed by atoms with Crippen LogP contribution in [0.5, 0.6) is 0 Å². The number of benzene rings is 1. The number of hydrogen-bond acceptors (Lipinski definition) is 7. The molecule has 9 nitrogen and oxygen atoms in total. The number of carbonyl (C=O) groups excluding carboxylic acids is 1. The lowest BCUT2D eigenvalue weighted by molar-refractivity contribution is -0.106. The minimum Gasteiger partial charge on any atom is -0.387 e. The Morgan fingerprint density at radius 3 is 2.76 bits per heavy atom. The van der Waals surface area contributed by atoms with Crippen molar-refractivity contribution in [3.63, 3.8) is 0 Å². The largest absolute Gasteiger partial charge is 0.387 e. The second-order valence-electron chi connectivity index (χ2n) is 8.24. The Morgan fingerprint density at radius 2 is 1.97 bits per heavy atom. The van der Waals surface area contributed by atoms with E-state index in [1.165, 1.54) is 6.33 Å². The van der Waals surface area contributed by atoms with Crippen LogP contribution in [-0.4, -0.2) is 52.9 Å². The molecule has 6 rings (SSSR count). The van der Waals surface area contributed by atoms with Gasteiger partial charge in [0.1, 0.15) is 18.7 Å². The van der Waals surface area contributed by atoms with E-state index in [1.807, 2.05) is 6.07 Å². The lowest BCUT2D eigenvalue weighted by Crippen LogP contribution is -2.41. The number of aliphatic hydroxyl groups is 2. The molecular weight excluding hydrogens is 374 g/mol. The van der Waals surface area contributed by atoms with Gasteiger partial charge in [0, 0.05) is 12.0 Å². The number of nitrogens with zero attached hydrogens (tertiary/aromatic N) is 4. The minimum absolute atomic E-state index is 0.125. The van der Waals surface area contributed by atoms with E-state index >= 15 is 0 Å². The summed E-state index contributed by atoms with van der Waals surface area (Å²) in [7, 11) is 0. The monoisotopic (exact) mass is 393 g/mol. The summed E-state index contributed by atoms with van der Waals surface area (Å²) < 4.78 is 7.79. The predicted octanol–water partition coefficient (Wildman–Crippen LogP) is 1.25. The van der Waals surface area contributed by atoms with E-state index in [1.54, 1.807) is 35.2 Å². The van der Waals surface area contributed by atoms with Gasteiger partial charge in [0.15, 0.2) is 17.0 Å². The first kappa shape index (κ1) is 17.0. The number of ether oxygens (including phenoxy) is 1. The molecular formula is C20H19N5O4. The molecule has 2 aromatic heterocycles. The van der Waals surface area contributed by atoms with Crippen LogP contribution in [-0.2, 0) is 4.74 Å². The van der Waals surface area contributed by atoms with Crippen molar-refractivity contribution in [3.05, 3.63) is 48.5 Å². The lowest BCUT2D eigenvalue weighted by atomic mass is 9.92. The number of imidazole rings is 1. The molecule has 9 heteroatoms. The van der Waals surface area contributed by atoms with Crippen LogP contribution in [0, 0.1) is 5.92 Å². The number of hydrogen-bond donors (Lipinski definition) is 3. The zero-order valence-electron chi connectivity index (χ0n) is 15.4. The van der Waals surface area contributed by atoms with Gasteiger partial charge in [0.05, 0.1) is 17.5 Å². The zero-order valence-corrected chi connectivity index (χ0v) is 15.4. The van der Waals surface area contributed by atoms with Gasteiger partial charge in [-0.05, 0) is 30.9 Å². The molecule has 5 atom stereocenters. The average Bonchev–Trinajstić information content (AvgIpc) is 3.02. The second kappa shape index (κ2) is 5.59. The molecule has 0 radical (unpaired) electrons. The zero-order chi connectivity index (χ0) is 19.8. The van der Waals surface area contributed by atoms with Crippen LogP contribution in [0.1, 0.15) is 35.8 Å². The Morgan fingerprint density at radius 1 is 1.14 bits per heavy atom. The highest BCUT2D eigenvalue weighted by Gasteiger charge is 2.75. The summed E-state index contributed by atoms with van der Waals surface area (Å²) in [4.78, 5) is 25.3. The summed E-state index contributed by atoms with van der Waals surface area (Å²) in [5.74, 6) is 0.142. The standard InChI is InChI=1S/C20H19N5O4/c26-17(11-4-2-1-3-5-11)24-15-14-16(22-9-21-15)25(10-23-14)13-8-19(27)6-12-7-20(12,28)18(19)29-13/h1-5,9-10,12-13,18,27-28H,6-8H2,(H,21,22,24,26)/t12-,13+,18-,19-,20+/m0/s1. The number of fused-ring (bicyclic) bond motifs is 4. The SMILES string of the molecule is O=C(Nc1ncnc2c1ncn2[C@H]1C[C@@]2(O)C[C@H]3C[C@]3(O)[C@H]2O1)c1ccccc1.